The predicted molar refractivity (Wildman–Crippen MR) is 278 cm³/mol. The zero-order valence-electron chi connectivity index (χ0n) is 42.0. The highest BCUT2D eigenvalue weighted by molar-refractivity contribution is 7.90. The molecule has 382 valence electrons. The summed E-state index contributed by atoms with van der Waals surface area (Å²) in [6, 6.07) is 21.2. The number of sulfonamides is 1. The van der Waals surface area contributed by atoms with Gasteiger partial charge in [0.25, 0.3) is 21.6 Å². The number of aromatic amines is 1. The molecule has 3 saturated heterocycles. The van der Waals surface area contributed by atoms with Crippen molar-refractivity contribution in [3.8, 4) is 17.2 Å². The number of amides is 1. The molecule has 0 bridgehead atoms. The Hall–Kier alpha value is -5.91. The third-order valence-corrected chi connectivity index (χ3v) is 18.3. The number of fused-ring (bicyclic) bond motifs is 2. The Morgan fingerprint density at radius 2 is 1.68 bits per heavy atom. The number of hydrogen-bond acceptors (Lipinski definition) is 13. The molecule has 11 rings (SSSR count). The maximum atomic E-state index is 14.5. The maximum Gasteiger partial charge on any atom is 0.297 e. The van der Waals surface area contributed by atoms with E-state index in [0.29, 0.717) is 61.5 Å². The lowest BCUT2D eigenvalue weighted by Crippen LogP contribution is -2.54. The van der Waals surface area contributed by atoms with Crippen molar-refractivity contribution < 1.29 is 32.3 Å². The van der Waals surface area contributed by atoms with E-state index in [1.165, 1.54) is 42.9 Å². The number of carbonyl (C=O) groups is 1. The van der Waals surface area contributed by atoms with E-state index >= 15 is 0 Å². The van der Waals surface area contributed by atoms with Gasteiger partial charge in [0.2, 0.25) is 0 Å². The van der Waals surface area contributed by atoms with Crippen molar-refractivity contribution in [3.63, 3.8) is 0 Å². The zero-order valence-corrected chi connectivity index (χ0v) is 42.8. The first kappa shape index (κ1) is 48.4. The highest BCUT2D eigenvalue weighted by Crippen LogP contribution is 2.55. The van der Waals surface area contributed by atoms with Crippen molar-refractivity contribution >= 4 is 49.8 Å². The molecular weight excluding hydrogens is 933 g/mol. The average molecular weight is 1000 g/mol. The second kappa shape index (κ2) is 19.2. The summed E-state index contributed by atoms with van der Waals surface area (Å²) in [7, 11) is -4.68. The van der Waals surface area contributed by atoms with Crippen molar-refractivity contribution in [2.24, 2.45) is 16.7 Å². The molecule has 2 aromatic heterocycles. The lowest BCUT2D eigenvalue weighted by atomic mass is 9.59. The van der Waals surface area contributed by atoms with Crippen LogP contribution in [0.5, 0.6) is 17.2 Å². The number of nitrogens with zero attached hydrogens (tertiary/aromatic N) is 5. The van der Waals surface area contributed by atoms with E-state index in [0.717, 1.165) is 75.3 Å². The normalized spacial score (nSPS) is 22.6. The van der Waals surface area contributed by atoms with Gasteiger partial charge in [0.05, 0.1) is 34.6 Å². The smallest absolute Gasteiger partial charge is 0.297 e. The van der Waals surface area contributed by atoms with E-state index < -0.39 is 31.4 Å². The van der Waals surface area contributed by atoms with Crippen LogP contribution in [0, 0.1) is 26.9 Å². The number of hydrogen-bond donors (Lipinski definition) is 3. The van der Waals surface area contributed by atoms with Crippen LogP contribution in [-0.4, -0.2) is 98.7 Å². The molecule has 3 aromatic carbocycles. The molecule has 2 atom stereocenters. The number of rotatable bonds is 12. The molecular formula is C55H68N8O8S. The van der Waals surface area contributed by atoms with Crippen LogP contribution in [0.4, 0.5) is 22.9 Å². The number of nitro groups is 1. The molecule has 4 aliphatic heterocycles. The van der Waals surface area contributed by atoms with Gasteiger partial charge in [-0.1, -0.05) is 52.0 Å². The van der Waals surface area contributed by atoms with Gasteiger partial charge < -0.3 is 34.3 Å². The molecule has 2 saturated carbocycles. The summed E-state index contributed by atoms with van der Waals surface area (Å²) >= 11 is 0. The Bertz CT molecular complexity index is 2960. The van der Waals surface area contributed by atoms with Crippen molar-refractivity contribution in [2.75, 3.05) is 67.7 Å². The van der Waals surface area contributed by atoms with Crippen molar-refractivity contribution in [3.05, 3.63) is 99.7 Å². The topological polar surface area (TPSA) is 184 Å². The number of H-pyrrole nitrogens is 1. The summed E-state index contributed by atoms with van der Waals surface area (Å²) in [4.78, 5) is 41.3. The molecule has 0 radical (unpaired) electrons. The fourth-order valence-electron chi connectivity index (χ4n) is 12.7. The van der Waals surface area contributed by atoms with Crippen molar-refractivity contribution in [1.29, 1.82) is 0 Å². The molecule has 5 aromatic rings. The van der Waals surface area contributed by atoms with Gasteiger partial charge in [-0.3, -0.25) is 19.8 Å². The van der Waals surface area contributed by atoms with Crippen LogP contribution in [0.15, 0.2) is 77.8 Å². The van der Waals surface area contributed by atoms with Gasteiger partial charge >= 0.3 is 0 Å². The number of nitro benzene ring substituents is 1. The molecule has 17 heteroatoms. The Labute approximate surface area is 422 Å². The summed E-state index contributed by atoms with van der Waals surface area (Å²) < 4.78 is 49.2. The number of benzene rings is 3. The average Bonchev–Trinajstić information content (AvgIpc) is 4.05. The Kier molecular flexibility index (Phi) is 12.9. The monoisotopic (exact) mass is 1000 g/mol. The van der Waals surface area contributed by atoms with Gasteiger partial charge in [-0.25, -0.2) is 18.1 Å². The number of anilines is 3. The van der Waals surface area contributed by atoms with Crippen LogP contribution in [0.1, 0.15) is 125 Å². The summed E-state index contributed by atoms with van der Waals surface area (Å²) in [5, 5.41) is 16.7. The number of likely N-dealkylation sites (tertiary alicyclic amines) is 1. The quantitative estimate of drug-likeness (QED) is 0.0793. The largest absolute Gasteiger partial charge is 0.489 e. The molecule has 6 aliphatic rings. The highest BCUT2D eigenvalue weighted by Gasteiger charge is 2.50. The Morgan fingerprint density at radius 1 is 0.917 bits per heavy atom. The van der Waals surface area contributed by atoms with Gasteiger partial charge in [-0.15, -0.1) is 0 Å². The van der Waals surface area contributed by atoms with Crippen LogP contribution in [0.2, 0.25) is 0 Å². The summed E-state index contributed by atoms with van der Waals surface area (Å²) in [5.41, 5.74) is 4.70. The van der Waals surface area contributed by atoms with E-state index in [1.807, 2.05) is 24.3 Å². The lowest BCUT2D eigenvalue weighted by Gasteiger charge is -2.56. The zero-order chi connectivity index (χ0) is 49.9. The lowest BCUT2D eigenvalue weighted by molar-refractivity contribution is -0.384. The van der Waals surface area contributed by atoms with Crippen molar-refractivity contribution in [2.45, 2.75) is 121 Å². The molecule has 6 heterocycles. The van der Waals surface area contributed by atoms with Gasteiger partial charge in [-0.05, 0) is 129 Å². The van der Waals surface area contributed by atoms with E-state index in [9.17, 15) is 23.3 Å². The number of aromatic nitrogens is 2. The van der Waals surface area contributed by atoms with Gasteiger partial charge in [0, 0.05) is 73.7 Å². The van der Waals surface area contributed by atoms with Crippen LogP contribution < -0.4 is 29.3 Å². The number of pyridine rings is 1. The van der Waals surface area contributed by atoms with Gasteiger partial charge in [0.15, 0.2) is 23.0 Å². The standard InChI is InChI=1S/C55H68N8O8S/c1-35(2)41-8-5-6-9-42(41)45-10-7-21-62(45)39-32-55(33-39)18-22-60(23-19-55)38-11-12-43(47(29-38)71-49-28-37-15-20-56-51(37)58-52(49)61-24-26-69-27-25-61)53(64)59-72(67,68)40-30-46(63(65)66)50-48(31-40)70-34-44(57-50)36-13-16-54(3,4)17-14-36/h5-6,8-9,11-12,15,20,28-31,35-36,39,44-45,57H,7,10,13-14,16-19,21-27,32-34H2,1-4H3,(H,56,58)(H,59,64)/t44-,45-/m1/s1. The number of ether oxygens (including phenoxy) is 3. The minimum Gasteiger partial charge on any atom is -0.489 e. The second-order valence-corrected chi connectivity index (χ2v) is 24.1. The molecule has 1 spiro atoms. The van der Waals surface area contributed by atoms with Gasteiger partial charge in [0.1, 0.15) is 18.0 Å². The van der Waals surface area contributed by atoms with E-state index in [4.69, 9.17) is 19.2 Å². The highest BCUT2D eigenvalue weighted by atomic mass is 32.2. The van der Waals surface area contributed by atoms with Gasteiger partial charge in [-0.2, -0.15) is 0 Å². The summed E-state index contributed by atoms with van der Waals surface area (Å²) in [6.45, 7) is 14.3. The molecule has 3 N–H and O–H groups in total. The SMILES string of the molecule is CC(C)c1ccccc1[C@H]1CCCN1C1CC2(CCN(c3ccc(C(=O)NS(=O)(=O)c4cc5c(c([N+](=O)[O-])c4)N[C@@H](C4CCC(C)(C)CC4)CO5)c(Oc4cc5cc[nH]c5nc4N4CCOCC4)c3)CC2)C1. The number of morpholine rings is 1. The molecule has 16 nitrogen and oxygen atoms in total. The predicted octanol–water partition coefficient (Wildman–Crippen LogP) is 10.3. The molecule has 1 amide bonds. The Morgan fingerprint density at radius 3 is 2.43 bits per heavy atom. The van der Waals surface area contributed by atoms with E-state index in [-0.39, 0.29) is 52.1 Å². The summed E-state index contributed by atoms with van der Waals surface area (Å²) in [5.74, 6) is 0.964. The minimum absolute atomic E-state index is 0.0252. The third kappa shape index (κ3) is 9.47. The molecule has 72 heavy (non-hydrogen) atoms. The number of carbonyl (C=O) groups excluding carboxylic acids is 1. The molecule has 0 unspecified atom stereocenters. The first-order valence-electron chi connectivity index (χ1n) is 26.1. The van der Waals surface area contributed by atoms with Crippen LogP contribution in [0.25, 0.3) is 11.0 Å². The molecule has 5 fully saturated rings. The number of nitrogens with one attached hydrogen (secondary N) is 3. The fourth-order valence-corrected chi connectivity index (χ4v) is 13.7. The van der Waals surface area contributed by atoms with Crippen LogP contribution >= 0.6 is 0 Å². The van der Waals surface area contributed by atoms with E-state index in [2.05, 4.69) is 81.7 Å². The maximum absolute atomic E-state index is 14.5. The van der Waals surface area contributed by atoms with Crippen LogP contribution in [0.3, 0.4) is 0 Å². The van der Waals surface area contributed by atoms with Crippen LogP contribution in [-0.2, 0) is 14.8 Å². The molecule has 2 aliphatic carbocycles. The second-order valence-electron chi connectivity index (χ2n) is 22.4. The minimum atomic E-state index is -4.68. The number of piperidine rings is 1. The van der Waals surface area contributed by atoms with E-state index in [1.54, 1.807) is 12.3 Å². The fraction of sp³-hybridized carbons (Fsp3) is 0.527. The van der Waals surface area contributed by atoms with Crippen molar-refractivity contribution in [1.82, 2.24) is 19.6 Å². The third-order valence-electron chi connectivity index (χ3n) is 17.0. The Balaban J connectivity index is 0.847. The summed E-state index contributed by atoms with van der Waals surface area (Å²) in [6.07, 6.45) is 12.7. The first-order valence-corrected chi connectivity index (χ1v) is 27.6. The first-order chi connectivity index (χ1) is 34.6.